The van der Waals surface area contributed by atoms with Crippen LogP contribution in [0.5, 0.6) is 0 Å². The van der Waals surface area contributed by atoms with Gasteiger partial charge in [0.2, 0.25) is 10.0 Å². The highest BCUT2D eigenvalue weighted by atomic mass is 35.5. The molecular formula is C7H16ClFN2O2S. The molecule has 4 nitrogen and oxygen atoms in total. The average Bonchev–Trinajstić information content (AvgIpc) is 2.52. The van der Waals surface area contributed by atoms with Gasteiger partial charge in [-0.15, -0.1) is 12.4 Å². The van der Waals surface area contributed by atoms with Crippen LogP contribution >= 0.6 is 12.4 Å². The molecule has 1 rings (SSSR count). The molecule has 2 N–H and O–H groups in total. The van der Waals surface area contributed by atoms with Gasteiger partial charge in [0.05, 0.1) is 12.4 Å². The number of nitrogens with one attached hydrogen (secondary N) is 2. The Balaban J connectivity index is 0.00000169. The summed E-state index contributed by atoms with van der Waals surface area (Å²) in [4.78, 5) is 0. The van der Waals surface area contributed by atoms with Crippen molar-refractivity contribution >= 4 is 22.4 Å². The van der Waals surface area contributed by atoms with E-state index in [9.17, 15) is 12.8 Å². The first kappa shape index (κ1) is 14.1. The predicted octanol–water partition coefficient (Wildman–Crippen LogP) is 0.0491. The standard InChI is InChI=1S/C7H15FN2O2S.ClH/c8-3-1-5-13(11,12)10-7-2-4-9-6-7;/h7,9-10H,1-6H2;1H. The number of sulfonamides is 1. The molecule has 0 aliphatic carbocycles. The van der Waals surface area contributed by atoms with Gasteiger partial charge in [-0.3, -0.25) is 4.39 Å². The summed E-state index contributed by atoms with van der Waals surface area (Å²) in [6.07, 6.45) is 0.893. The van der Waals surface area contributed by atoms with Crippen LogP contribution in [0.1, 0.15) is 12.8 Å². The SMILES string of the molecule is Cl.O=S(=O)(CCCF)NC1CCNC1. The fourth-order valence-electron chi connectivity index (χ4n) is 1.31. The minimum atomic E-state index is -3.26. The Morgan fingerprint density at radius 3 is 2.71 bits per heavy atom. The first-order chi connectivity index (χ1) is 6.14. The van der Waals surface area contributed by atoms with Crippen LogP contribution in [0.15, 0.2) is 0 Å². The third-order valence-electron chi connectivity index (χ3n) is 1.95. The van der Waals surface area contributed by atoms with Crippen molar-refractivity contribution in [3.63, 3.8) is 0 Å². The second kappa shape index (κ2) is 6.55. The monoisotopic (exact) mass is 246 g/mol. The van der Waals surface area contributed by atoms with Gasteiger partial charge in [0.15, 0.2) is 0 Å². The third kappa shape index (κ3) is 5.09. The zero-order valence-corrected chi connectivity index (χ0v) is 9.46. The fourth-order valence-corrected chi connectivity index (χ4v) is 2.63. The van der Waals surface area contributed by atoms with Gasteiger partial charge in [-0.2, -0.15) is 0 Å². The summed E-state index contributed by atoms with van der Waals surface area (Å²) in [6.45, 7) is 0.939. The maximum Gasteiger partial charge on any atom is 0.211 e. The zero-order valence-electron chi connectivity index (χ0n) is 7.83. The summed E-state index contributed by atoms with van der Waals surface area (Å²) in [7, 11) is -3.26. The number of rotatable bonds is 5. The van der Waals surface area contributed by atoms with Crippen LogP contribution in [0, 0.1) is 0 Å². The lowest BCUT2D eigenvalue weighted by Gasteiger charge is -2.10. The summed E-state index contributed by atoms with van der Waals surface area (Å²) >= 11 is 0. The zero-order chi connectivity index (χ0) is 9.73. The van der Waals surface area contributed by atoms with E-state index >= 15 is 0 Å². The second-order valence-electron chi connectivity index (χ2n) is 3.17. The van der Waals surface area contributed by atoms with Crippen LogP contribution in [0.2, 0.25) is 0 Å². The number of halogens is 2. The molecule has 1 fully saturated rings. The van der Waals surface area contributed by atoms with Crippen molar-refractivity contribution in [2.75, 3.05) is 25.5 Å². The largest absolute Gasteiger partial charge is 0.315 e. The molecule has 0 amide bonds. The molecule has 0 radical (unpaired) electrons. The van der Waals surface area contributed by atoms with Crippen molar-refractivity contribution in [3.05, 3.63) is 0 Å². The number of hydrogen-bond donors (Lipinski definition) is 2. The molecule has 14 heavy (non-hydrogen) atoms. The Morgan fingerprint density at radius 2 is 2.21 bits per heavy atom. The van der Waals surface area contributed by atoms with E-state index in [0.29, 0.717) is 6.54 Å². The Morgan fingerprint density at radius 1 is 1.50 bits per heavy atom. The summed E-state index contributed by atoms with van der Waals surface area (Å²) in [5.74, 6) is -0.111. The molecule has 1 aliphatic heterocycles. The van der Waals surface area contributed by atoms with E-state index in [2.05, 4.69) is 10.0 Å². The highest BCUT2D eigenvalue weighted by Crippen LogP contribution is 2.00. The summed E-state index contributed by atoms with van der Waals surface area (Å²) in [5.41, 5.74) is 0. The van der Waals surface area contributed by atoms with Crippen molar-refractivity contribution in [2.24, 2.45) is 0 Å². The molecule has 0 aromatic rings. The van der Waals surface area contributed by atoms with Gasteiger partial charge in [0.1, 0.15) is 0 Å². The van der Waals surface area contributed by atoms with E-state index in [-0.39, 0.29) is 30.6 Å². The number of hydrogen-bond acceptors (Lipinski definition) is 3. The third-order valence-corrected chi connectivity index (χ3v) is 3.47. The topological polar surface area (TPSA) is 58.2 Å². The molecule has 0 aromatic carbocycles. The molecule has 7 heteroatoms. The fraction of sp³-hybridized carbons (Fsp3) is 1.00. The van der Waals surface area contributed by atoms with Gasteiger partial charge in [0.25, 0.3) is 0 Å². The molecular weight excluding hydrogens is 231 g/mol. The molecule has 1 unspecified atom stereocenters. The summed E-state index contributed by atoms with van der Waals surface area (Å²) in [5, 5.41) is 3.05. The van der Waals surface area contributed by atoms with Crippen molar-refractivity contribution in [2.45, 2.75) is 18.9 Å². The van der Waals surface area contributed by atoms with Crippen LogP contribution in [0.3, 0.4) is 0 Å². The van der Waals surface area contributed by atoms with Gasteiger partial charge in [-0.05, 0) is 19.4 Å². The molecule has 0 aromatic heterocycles. The van der Waals surface area contributed by atoms with E-state index in [4.69, 9.17) is 0 Å². The van der Waals surface area contributed by atoms with E-state index in [1.165, 1.54) is 0 Å². The Hall–Kier alpha value is 0.0900. The van der Waals surface area contributed by atoms with E-state index in [1.807, 2.05) is 0 Å². The molecule has 0 bridgehead atoms. The molecule has 0 spiro atoms. The highest BCUT2D eigenvalue weighted by Gasteiger charge is 2.20. The Labute approximate surface area is 90.1 Å². The van der Waals surface area contributed by atoms with Crippen LogP contribution in [0.25, 0.3) is 0 Å². The van der Waals surface area contributed by atoms with Crippen molar-refractivity contribution < 1.29 is 12.8 Å². The predicted molar refractivity (Wildman–Crippen MR) is 56.0 cm³/mol. The molecule has 1 saturated heterocycles. The lowest BCUT2D eigenvalue weighted by molar-refractivity contribution is 0.481. The van der Waals surface area contributed by atoms with Crippen molar-refractivity contribution in [1.82, 2.24) is 10.0 Å². The Bertz CT molecular complexity index is 242. The highest BCUT2D eigenvalue weighted by molar-refractivity contribution is 7.89. The van der Waals surface area contributed by atoms with E-state index in [0.717, 1.165) is 13.0 Å². The maximum absolute atomic E-state index is 11.7. The summed E-state index contributed by atoms with van der Waals surface area (Å²) < 4.78 is 36.7. The lowest BCUT2D eigenvalue weighted by atomic mass is 10.3. The minimum absolute atomic E-state index is 0. The van der Waals surface area contributed by atoms with Crippen LogP contribution in [0.4, 0.5) is 4.39 Å². The quantitative estimate of drug-likeness (QED) is 0.721. The Kier molecular flexibility index (Phi) is 6.59. The van der Waals surface area contributed by atoms with Gasteiger partial charge < -0.3 is 5.32 Å². The van der Waals surface area contributed by atoms with Crippen LogP contribution in [-0.2, 0) is 10.0 Å². The molecule has 1 atom stereocenters. The lowest BCUT2D eigenvalue weighted by Crippen LogP contribution is -2.37. The number of alkyl halides is 1. The minimum Gasteiger partial charge on any atom is -0.315 e. The van der Waals surface area contributed by atoms with Gasteiger partial charge in [-0.1, -0.05) is 0 Å². The normalized spacial score (nSPS) is 21.9. The van der Waals surface area contributed by atoms with Crippen molar-refractivity contribution in [3.8, 4) is 0 Å². The van der Waals surface area contributed by atoms with Gasteiger partial charge >= 0.3 is 0 Å². The second-order valence-corrected chi connectivity index (χ2v) is 5.04. The van der Waals surface area contributed by atoms with Gasteiger partial charge in [-0.25, -0.2) is 13.1 Å². The van der Waals surface area contributed by atoms with Gasteiger partial charge in [0, 0.05) is 12.6 Å². The van der Waals surface area contributed by atoms with E-state index < -0.39 is 16.7 Å². The molecule has 86 valence electrons. The first-order valence-corrected chi connectivity index (χ1v) is 6.06. The molecule has 1 heterocycles. The van der Waals surface area contributed by atoms with Crippen LogP contribution < -0.4 is 10.0 Å². The maximum atomic E-state index is 11.7. The molecule has 0 saturated carbocycles. The summed E-state index contributed by atoms with van der Waals surface area (Å²) in [6, 6.07) is -0.00962. The molecule has 1 aliphatic rings. The van der Waals surface area contributed by atoms with E-state index in [1.54, 1.807) is 0 Å². The van der Waals surface area contributed by atoms with Crippen molar-refractivity contribution in [1.29, 1.82) is 0 Å². The smallest absolute Gasteiger partial charge is 0.211 e. The van der Waals surface area contributed by atoms with Crippen LogP contribution in [-0.4, -0.2) is 40.0 Å². The first-order valence-electron chi connectivity index (χ1n) is 4.41. The average molecular weight is 247 g/mol.